The van der Waals surface area contributed by atoms with Crippen LogP contribution in [0.15, 0.2) is 52.6 Å². The van der Waals surface area contributed by atoms with E-state index in [9.17, 15) is 18.8 Å². The van der Waals surface area contributed by atoms with Crippen LogP contribution in [-0.4, -0.2) is 26.6 Å². The molecule has 0 unspecified atom stereocenters. The molecule has 0 aliphatic rings. The zero-order valence-corrected chi connectivity index (χ0v) is 18.0. The SMILES string of the molecule is CC(=O)Nc1ccc(-c2csc(NC(=O)Cc3nn(C)c(=O)c4ccccc34)n2)c(F)c1. The van der Waals surface area contributed by atoms with Crippen molar-refractivity contribution in [2.45, 2.75) is 13.3 Å². The lowest BCUT2D eigenvalue weighted by atomic mass is 10.1. The Bertz CT molecular complexity index is 1410. The fraction of sp³-hybridized carbons (Fsp3) is 0.136. The number of hydrogen-bond donors (Lipinski definition) is 2. The number of thiazole rings is 1. The van der Waals surface area contributed by atoms with Gasteiger partial charge >= 0.3 is 0 Å². The van der Waals surface area contributed by atoms with Gasteiger partial charge in [-0.2, -0.15) is 5.10 Å². The smallest absolute Gasteiger partial charge is 0.274 e. The standard InChI is InChI=1S/C22H18FN5O3S/c1-12(29)24-13-7-8-16(17(23)9-13)19-11-32-22(25-19)26-20(30)10-18-14-5-3-4-6-15(14)21(31)28(2)27-18/h3-9,11H,10H2,1-2H3,(H,24,29)(H,25,26,30). The van der Waals surface area contributed by atoms with E-state index in [4.69, 9.17) is 0 Å². The topological polar surface area (TPSA) is 106 Å². The third-order valence-electron chi connectivity index (χ3n) is 4.68. The molecule has 0 aliphatic heterocycles. The molecular weight excluding hydrogens is 433 g/mol. The third kappa shape index (κ3) is 4.40. The summed E-state index contributed by atoms with van der Waals surface area (Å²) in [6, 6.07) is 11.3. The highest BCUT2D eigenvalue weighted by Crippen LogP contribution is 2.29. The van der Waals surface area contributed by atoms with Crippen LogP contribution in [0, 0.1) is 5.82 Å². The van der Waals surface area contributed by atoms with Crippen LogP contribution in [0.2, 0.25) is 0 Å². The van der Waals surface area contributed by atoms with Gasteiger partial charge in [-0.25, -0.2) is 14.1 Å². The molecule has 0 saturated heterocycles. The fourth-order valence-corrected chi connectivity index (χ4v) is 4.01. The Morgan fingerprint density at radius 1 is 1.12 bits per heavy atom. The van der Waals surface area contributed by atoms with E-state index in [0.29, 0.717) is 33.0 Å². The molecule has 162 valence electrons. The Balaban J connectivity index is 1.52. The summed E-state index contributed by atoms with van der Waals surface area (Å²) in [7, 11) is 1.54. The Hall–Kier alpha value is -3.92. The maximum absolute atomic E-state index is 14.5. The molecule has 0 aliphatic carbocycles. The van der Waals surface area contributed by atoms with Gasteiger partial charge in [0.1, 0.15) is 5.82 Å². The van der Waals surface area contributed by atoms with E-state index in [0.717, 1.165) is 11.3 Å². The quantitative estimate of drug-likeness (QED) is 0.484. The van der Waals surface area contributed by atoms with Gasteiger partial charge in [-0.15, -0.1) is 11.3 Å². The molecule has 0 bridgehead atoms. The number of carbonyl (C=O) groups excluding carboxylic acids is 2. The number of fused-ring (bicyclic) bond motifs is 1. The number of nitrogens with zero attached hydrogens (tertiary/aromatic N) is 3. The van der Waals surface area contributed by atoms with Gasteiger partial charge in [-0.3, -0.25) is 14.4 Å². The van der Waals surface area contributed by atoms with Crippen molar-refractivity contribution in [1.29, 1.82) is 0 Å². The van der Waals surface area contributed by atoms with Crippen LogP contribution in [-0.2, 0) is 23.1 Å². The number of halogens is 1. The second-order valence-corrected chi connectivity index (χ2v) is 7.92. The largest absolute Gasteiger partial charge is 0.326 e. The van der Waals surface area contributed by atoms with Gasteiger partial charge in [0.2, 0.25) is 11.8 Å². The van der Waals surface area contributed by atoms with E-state index >= 15 is 0 Å². The van der Waals surface area contributed by atoms with Crippen molar-refractivity contribution in [3.63, 3.8) is 0 Å². The number of nitrogens with one attached hydrogen (secondary N) is 2. The number of amides is 2. The molecule has 0 radical (unpaired) electrons. The summed E-state index contributed by atoms with van der Waals surface area (Å²) in [5.41, 5.74) is 1.20. The van der Waals surface area contributed by atoms with Crippen LogP contribution in [0.25, 0.3) is 22.0 Å². The maximum atomic E-state index is 14.5. The van der Waals surface area contributed by atoms with E-state index in [2.05, 4.69) is 20.7 Å². The lowest BCUT2D eigenvalue weighted by Gasteiger charge is -2.08. The van der Waals surface area contributed by atoms with Gasteiger partial charge in [0.25, 0.3) is 5.56 Å². The first kappa shape index (κ1) is 21.3. The summed E-state index contributed by atoms with van der Waals surface area (Å²) in [5, 5.41) is 12.5. The first-order chi connectivity index (χ1) is 15.3. The molecule has 2 amide bonds. The van der Waals surface area contributed by atoms with Crippen molar-refractivity contribution in [2.75, 3.05) is 10.6 Å². The molecule has 2 heterocycles. The number of aryl methyl sites for hydroxylation is 1. The highest BCUT2D eigenvalue weighted by Gasteiger charge is 2.15. The minimum absolute atomic E-state index is 0.0523. The van der Waals surface area contributed by atoms with E-state index in [1.165, 1.54) is 30.8 Å². The second kappa shape index (κ2) is 8.67. The fourth-order valence-electron chi connectivity index (χ4n) is 3.28. The van der Waals surface area contributed by atoms with E-state index in [1.54, 1.807) is 35.7 Å². The predicted octanol–water partition coefficient (Wildman–Crippen LogP) is 3.34. The average molecular weight is 451 g/mol. The normalized spacial score (nSPS) is 10.8. The number of carbonyl (C=O) groups is 2. The number of aromatic nitrogens is 3. The highest BCUT2D eigenvalue weighted by atomic mass is 32.1. The molecule has 2 aromatic heterocycles. The second-order valence-electron chi connectivity index (χ2n) is 7.06. The first-order valence-corrected chi connectivity index (χ1v) is 10.5. The molecule has 4 rings (SSSR count). The van der Waals surface area contributed by atoms with Crippen molar-refractivity contribution in [3.05, 3.63) is 69.7 Å². The molecule has 4 aromatic rings. The van der Waals surface area contributed by atoms with E-state index < -0.39 is 5.82 Å². The summed E-state index contributed by atoms with van der Waals surface area (Å²) in [4.78, 5) is 40.2. The molecular formula is C22H18FN5O3S. The van der Waals surface area contributed by atoms with Crippen LogP contribution < -0.4 is 16.2 Å². The number of rotatable bonds is 5. The first-order valence-electron chi connectivity index (χ1n) is 9.59. The lowest BCUT2D eigenvalue weighted by molar-refractivity contribution is -0.116. The van der Waals surface area contributed by atoms with Gasteiger partial charge in [0.15, 0.2) is 5.13 Å². The minimum atomic E-state index is -0.541. The lowest BCUT2D eigenvalue weighted by Crippen LogP contribution is -2.24. The molecule has 10 heteroatoms. The minimum Gasteiger partial charge on any atom is -0.326 e. The van der Waals surface area contributed by atoms with Crippen LogP contribution in [0.5, 0.6) is 0 Å². The zero-order chi connectivity index (χ0) is 22.8. The van der Waals surface area contributed by atoms with Crippen LogP contribution >= 0.6 is 11.3 Å². The number of hydrogen-bond acceptors (Lipinski definition) is 6. The monoisotopic (exact) mass is 451 g/mol. The van der Waals surface area contributed by atoms with Gasteiger partial charge in [-0.05, 0) is 24.3 Å². The summed E-state index contributed by atoms with van der Waals surface area (Å²) >= 11 is 1.16. The summed E-state index contributed by atoms with van der Waals surface area (Å²) in [6.45, 7) is 1.34. The molecule has 0 fully saturated rings. The Kier molecular flexibility index (Phi) is 5.78. The van der Waals surface area contributed by atoms with E-state index in [1.807, 2.05) is 0 Å². The molecule has 2 N–H and O–H groups in total. The predicted molar refractivity (Wildman–Crippen MR) is 121 cm³/mol. The van der Waals surface area contributed by atoms with E-state index in [-0.39, 0.29) is 29.4 Å². The van der Waals surface area contributed by atoms with Crippen molar-refractivity contribution in [1.82, 2.24) is 14.8 Å². The molecule has 0 atom stereocenters. The van der Waals surface area contributed by atoms with Crippen LogP contribution in [0.4, 0.5) is 15.2 Å². The molecule has 32 heavy (non-hydrogen) atoms. The Labute approximate surface area is 185 Å². The Morgan fingerprint density at radius 2 is 1.88 bits per heavy atom. The molecule has 0 spiro atoms. The number of anilines is 2. The van der Waals surface area contributed by atoms with Crippen LogP contribution in [0.3, 0.4) is 0 Å². The third-order valence-corrected chi connectivity index (χ3v) is 5.43. The Morgan fingerprint density at radius 3 is 2.59 bits per heavy atom. The summed E-state index contributed by atoms with van der Waals surface area (Å²) < 4.78 is 15.7. The summed E-state index contributed by atoms with van der Waals surface area (Å²) in [6.07, 6.45) is -0.0523. The van der Waals surface area contributed by atoms with Crippen molar-refractivity contribution in [3.8, 4) is 11.3 Å². The summed E-state index contributed by atoms with van der Waals surface area (Å²) in [5.74, 6) is -1.19. The van der Waals surface area contributed by atoms with Crippen LogP contribution in [0.1, 0.15) is 12.6 Å². The van der Waals surface area contributed by atoms with Crippen molar-refractivity contribution < 1.29 is 14.0 Å². The van der Waals surface area contributed by atoms with Gasteiger partial charge in [-0.1, -0.05) is 18.2 Å². The van der Waals surface area contributed by atoms with Gasteiger partial charge < -0.3 is 10.6 Å². The van der Waals surface area contributed by atoms with Gasteiger partial charge in [0.05, 0.1) is 23.2 Å². The van der Waals surface area contributed by atoms with Crippen molar-refractivity contribution in [2.24, 2.45) is 7.05 Å². The highest BCUT2D eigenvalue weighted by molar-refractivity contribution is 7.14. The van der Waals surface area contributed by atoms with Gasteiger partial charge in [0, 0.05) is 36.0 Å². The molecule has 2 aromatic carbocycles. The average Bonchev–Trinajstić information content (AvgIpc) is 3.19. The zero-order valence-electron chi connectivity index (χ0n) is 17.2. The van der Waals surface area contributed by atoms with Crippen molar-refractivity contribution >= 4 is 44.7 Å². The molecule has 8 nitrogen and oxygen atoms in total. The molecule has 0 saturated carbocycles. The number of benzene rings is 2. The maximum Gasteiger partial charge on any atom is 0.274 e.